The lowest BCUT2D eigenvalue weighted by Crippen LogP contribution is -2.43. The Morgan fingerprint density at radius 2 is 2.00 bits per heavy atom. The van der Waals surface area contributed by atoms with Crippen LogP contribution in [-0.4, -0.2) is 35.0 Å². The second kappa shape index (κ2) is 7.15. The molecule has 0 spiro atoms. The Balaban J connectivity index is 2.83. The third-order valence-electron chi connectivity index (χ3n) is 2.50. The molecule has 0 radical (unpaired) electrons. The molecule has 0 aliphatic rings. The Hall–Kier alpha value is -2.37. The summed E-state index contributed by atoms with van der Waals surface area (Å²) in [6.45, 7) is 2.06. The van der Waals surface area contributed by atoms with E-state index in [9.17, 15) is 14.4 Å². The van der Waals surface area contributed by atoms with Crippen molar-refractivity contribution in [1.82, 2.24) is 10.2 Å². The minimum absolute atomic E-state index is 0.246. The third kappa shape index (κ3) is 4.09. The SMILES string of the molecule is CCCN(C=O)C(=O)NC(C(=O)O)c1ccccc1. The number of carboxylic acids is 1. The van der Waals surface area contributed by atoms with Crippen molar-refractivity contribution >= 4 is 18.4 Å². The third-order valence-corrected chi connectivity index (χ3v) is 2.50. The van der Waals surface area contributed by atoms with Crippen LogP contribution in [0.5, 0.6) is 0 Å². The van der Waals surface area contributed by atoms with Crippen molar-refractivity contribution in [2.45, 2.75) is 19.4 Å². The highest BCUT2D eigenvalue weighted by Crippen LogP contribution is 2.13. The van der Waals surface area contributed by atoms with Crippen LogP contribution in [-0.2, 0) is 9.59 Å². The van der Waals surface area contributed by atoms with Gasteiger partial charge in [0.1, 0.15) is 0 Å². The summed E-state index contributed by atoms with van der Waals surface area (Å²) in [5.41, 5.74) is 0.450. The molecule has 2 N–H and O–H groups in total. The van der Waals surface area contributed by atoms with E-state index >= 15 is 0 Å². The normalized spacial score (nSPS) is 11.4. The van der Waals surface area contributed by atoms with Gasteiger partial charge >= 0.3 is 12.0 Å². The molecule has 0 aliphatic heterocycles. The monoisotopic (exact) mass is 264 g/mol. The molecule has 1 rings (SSSR count). The Morgan fingerprint density at radius 1 is 1.37 bits per heavy atom. The van der Waals surface area contributed by atoms with Gasteiger partial charge in [-0.15, -0.1) is 0 Å². The molecule has 1 atom stereocenters. The van der Waals surface area contributed by atoms with E-state index < -0.39 is 18.0 Å². The summed E-state index contributed by atoms with van der Waals surface area (Å²) >= 11 is 0. The number of carbonyl (C=O) groups is 3. The van der Waals surface area contributed by atoms with Crippen molar-refractivity contribution in [3.05, 3.63) is 35.9 Å². The van der Waals surface area contributed by atoms with Crippen molar-refractivity contribution in [1.29, 1.82) is 0 Å². The number of benzene rings is 1. The summed E-state index contributed by atoms with van der Waals surface area (Å²) in [6, 6.07) is 6.43. The van der Waals surface area contributed by atoms with E-state index in [-0.39, 0.29) is 6.54 Å². The minimum atomic E-state index is -1.18. The first kappa shape index (κ1) is 14.7. The molecule has 0 saturated carbocycles. The Bertz CT molecular complexity index is 447. The summed E-state index contributed by atoms with van der Waals surface area (Å²) in [5, 5.41) is 11.5. The molecule has 6 nitrogen and oxygen atoms in total. The summed E-state index contributed by atoms with van der Waals surface area (Å²) in [4.78, 5) is 34.6. The van der Waals surface area contributed by atoms with Crippen molar-refractivity contribution in [2.24, 2.45) is 0 Å². The molecule has 0 aromatic heterocycles. The van der Waals surface area contributed by atoms with Gasteiger partial charge in [-0.3, -0.25) is 9.69 Å². The number of carbonyl (C=O) groups excluding carboxylic acids is 2. The number of amides is 3. The number of rotatable bonds is 6. The van der Waals surface area contributed by atoms with Gasteiger partial charge in [0.2, 0.25) is 6.41 Å². The first-order chi connectivity index (χ1) is 9.10. The Labute approximate surface area is 111 Å². The first-order valence-electron chi connectivity index (χ1n) is 5.90. The highest BCUT2D eigenvalue weighted by atomic mass is 16.4. The predicted molar refractivity (Wildman–Crippen MR) is 68.4 cm³/mol. The second-order valence-electron chi connectivity index (χ2n) is 3.93. The van der Waals surface area contributed by atoms with Gasteiger partial charge in [0.05, 0.1) is 0 Å². The largest absolute Gasteiger partial charge is 0.479 e. The second-order valence-corrected chi connectivity index (χ2v) is 3.93. The zero-order valence-electron chi connectivity index (χ0n) is 10.6. The highest BCUT2D eigenvalue weighted by molar-refractivity contribution is 5.88. The van der Waals surface area contributed by atoms with Crippen LogP contribution >= 0.6 is 0 Å². The number of carboxylic acid groups (broad SMARTS) is 1. The van der Waals surface area contributed by atoms with Crippen LogP contribution in [0.15, 0.2) is 30.3 Å². The van der Waals surface area contributed by atoms with Crippen LogP contribution in [0, 0.1) is 0 Å². The molecule has 6 heteroatoms. The molecule has 0 fully saturated rings. The highest BCUT2D eigenvalue weighted by Gasteiger charge is 2.24. The number of nitrogens with zero attached hydrogens (tertiary/aromatic N) is 1. The fourth-order valence-electron chi connectivity index (χ4n) is 1.58. The number of nitrogens with one attached hydrogen (secondary N) is 1. The van der Waals surface area contributed by atoms with Crippen molar-refractivity contribution in [3.63, 3.8) is 0 Å². The zero-order valence-corrected chi connectivity index (χ0v) is 10.6. The van der Waals surface area contributed by atoms with E-state index in [0.29, 0.717) is 18.4 Å². The van der Waals surface area contributed by atoms with Gasteiger partial charge in [0.15, 0.2) is 6.04 Å². The summed E-state index contributed by atoms with van der Waals surface area (Å²) in [7, 11) is 0. The van der Waals surface area contributed by atoms with Crippen LogP contribution in [0.2, 0.25) is 0 Å². The predicted octanol–water partition coefficient (Wildman–Crippen LogP) is 1.39. The van der Waals surface area contributed by atoms with Gasteiger partial charge in [-0.25, -0.2) is 9.59 Å². The molecule has 0 aliphatic carbocycles. The molecule has 3 amide bonds. The Kier molecular flexibility index (Phi) is 5.53. The van der Waals surface area contributed by atoms with Gasteiger partial charge < -0.3 is 10.4 Å². The smallest absolute Gasteiger partial charge is 0.330 e. The van der Waals surface area contributed by atoms with Gasteiger partial charge in [0, 0.05) is 6.54 Å². The van der Waals surface area contributed by atoms with Crippen molar-refractivity contribution in [2.75, 3.05) is 6.54 Å². The molecule has 19 heavy (non-hydrogen) atoms. The summed E-state index contributed by atoms with van der Waals surface area (Å²) in [5.74, 6) is -1.18. The lowest BCUT2D eigenvalue weighted by Gasteiger charge is -2.20. The summed E-state index contributed by atoms with van der Waals surface area (Å²) in [6.07, 6.45) is 0.998. The molecule has 1 aromatic rings. The van der Waals surface area contributed by atoms with Crippen LogP contribution in [0.25, 0.3) is 0 Å². The van der Waals surface area contributed by atoms with E-state index in [0.717, 1.165) is 4.90 Å². The maximum absolute atomic E-state index is 11.8. The van der Waals surface area contributed by atoms with Gasteiger partial charge in [-0.2, -0.15) is 0 Å². The minimum Gasteiger partial charge on any atom is -0.479 e. The fourth-order valence-corrected chi connectivity index (χ4v) is 1.58. The molecular weight excluding hydrogens is 248 g/mol. The van der Waals surface area contributed by atoms with E-state index in [1.807, 2.05) is 6.92 Å². The lowest BCUT2D eigenvalue weighted by molar-refractivity contribution is -0.139. The average Bonchev–Trinajstić information content (AvgIpc) is 2.42. The van der Waals surface area contributed by atoms with Crippen LogP contribution in [0.4, 0.5) is 4.79 Å². The average molecular weight is 264 g/mol. The molecule has 0 bridgehead atoms. The fraction of sp³-hybridized carbons (Fsp3) is 0.308. The number of imide groups is 1. The number of hydrogen-bond acceptors (Lipinski definition) is 3. The van der Waals surface area contributed by atoms with E-state index in [1.165, 1.54) is 0 Å². The molecule has 0 heterocycles. The molecular formula is C13H16N2O4. The van der Waals surface area contributed by atoms with Crippen LogP contribution in [0.1, 0.15) is 24.9 Å². The van der Waals surface area contributed by atoms with Gasteiger partial charge in [-0.1, -0.05) is 37.3 Å². The molecule has 102 valence electrons. The van der Waals surface area contributed by atoms with E-state index in [2.05, 4.69) is 5.32 Å². The van der Waals surface area contributed by atoms with Gasteiger partial charge in [0.25, 0.3) is 0 Å². The van der Waals surface area contributed by atoms with E-state index in [1.54, 1.807) is 30.3 Å². The number of hydrogen-bond donors (Lipinski definition) is 2. The molecule has 1 aromatic carbocycles. The maximum atomic E-state index is 11.8. The molecule has 1 unspecified atom stereocenters. The molecule has 0 saturated heterocycles. The number of aliphatic carboxylic acids is 1. The summed E-state index contributed by atoms with van der Waals surface area (Å²) < 4.78 is 0. The van der Waals surface area contributed by atoms with E-state index in [4.69, 9.17) is 5.11 Å². The number of urea groups is 1. The standard InChI is InChI=1S/C13H16N2O4/c1-2-8-15(9-16)13(19)14-11(12(17)18)10-6-4-3-5-7-10/h3-7,9,11H,2,8H2,1H3,(H,14,19)(H,17,18). The van der Waals surface area contributed by atoms with Crippen molar-refractivity contribution in [3.8, 4) is 0 Å². The zero-order chi connectivity index (χ0) is 14.3. The Morgan fingerprint density at radius 3 is 2.47 bits per heavy atom. The topological polar surface area (TPSA) is 86.7 Å². The van der Waals surface area contributed by atoms with Crippen LogP contribution < -0.4 is 5.32 Å². The maximum Gasteiger partial charge on any atom is 0.330 e. The lowest BCUT2D eigenvalue weighted by atomic mass is 10.1. The van der Waals surface area contributed by atoms with Crippen molar-refractivity contribution < 1.29 is 19.5 Å². The van der Waals surface area contributed by atoms with Gasteiger partial charge in [-0.05, 0) is 12.0 Å². The first-order valence-corrected chi connectivity index (χ1v) is 5.90. The quantitative estimate of drug-likeness (QED) is 0.760. The van der Waals surface area contributed by atoms with Crippen LogP contribution in [0.3, 0.4) is 0 Å².